The van der Waals surface area contributed by atoms with Crippen molar-refractivity contribution < 1.29 is 17.9 Å². The summed E-state index contributed by atoms with van der Waals surface area (Å²) in [6, 6.07) is 7.68. The fourth-order valence-electron chi connectivity index (χ4n) is 3.37. The third-order valence-corrected chi connectivity index (χ3v) is 6.08. The number of methoxy groups -OCH3 is 1. The van der Waals surface area contributed by atoms with Crippen molar-refractivity contribution >= 4 is 15.9 Å². The number of ether oxygens (including phenoxy) is 1. The van der Waals surface area contributed by atoms with E-state index in [9.17, 15) is 13.2 Å². The molecule has 1 aromatic rings. The van der Waals surface area contributed by atoms with Crippen LogP contribution in [-0.4, -0.2) is 51.1 Å². The highest BCUT2D eigenvalue weighted by Gasteiger charge is 2.22. The Morgan fingerprint density at radius 1 is 1.19 bits per heavy atom. The monoisotopic (exact) mass is 382 g/mol. The summed E-state index contributed by atoms with van der Waals surface area (Å²) in [6.45, 7) is 0.113. The second-order valence-corrected chi connectivity index (χ2v) is 8.90. The number of benzene rings is 1. The molecule has 146 valence electrons. The number of rotatable bonds is 8. The van der Waals surface area contributed by atoms with Crippen LogP contribution in [0.4, 0.5) is 0 Å². The van der Waals surface area contributed by atoms with Gasteiger partial charge in [-0.3, -0.25) is 4.79 Å². The first-order chi connectivity index (χ1) is 12.4. The standard InChI is InChI=1S/C19H30N2O4S/c1-25-18-12-8-7-9-16(18)13-14-21(26(2,23)24)15-19(22)20-17-10-5-3-4-6-11-17/h7-9,12,17H,3-6,10-11,13-15H2,1-2H3,(H,20,22). The summed E-state index contributed by atoms with van der Waals surface area (Å²) in [5, 5.41) is 3.01. The maximum absolute atomic E-state index is 12.4. The number of nitrogens with zero attached hydrogens (tertiary/aromatic N) is 1. The van der Waals surface area contributed by atoms with Crippen LogP contribution in [0.1, 0.15) is 44.1 Å². The van der Waals surface area contributed by atoms with Crippen molar-refractivity contribution in [2.24, 2.45) is 0 Å². The van der Waals surface area contributed by atoms with E-state index in [1.807, 2.05) is 24.3 Å². The summed E-state index contributed by atoms with van der Waals surface area (Å²) in [7, 11) is -1.88. The van der Waals surface area contributed by atoms with Gasteiger partial charge in [0.05, 0.1) is 19.9 Å². The Morgan fingerprint density at radius 2 is 1.85 bits per heavy atom. The predicted octanol–water partition coefficient (Wildman–Crippen LogP) is 2.34. The lowest BCUT2D eigenvalue weighted by Gasteiger charge is -2.22. The molecular weight excluding hydrogens is 352 g/mol. The number of para-hydroxylation sites is 1. The molecule has 26 heavy (non-hydrogen) atoms. The van der Waals surface area contributed by atoms with Gasteiger partial charge < -0.3 is 10.1 Å². The van der Waals surface area contributed by atoms with Crippen molar-refractivity contribution in [1.82, 2.24) is 9.62 Å². The Bertz CT molecular complexity index is 683. The third-order valence-electron chi connectivity index (χ3n) is 4.83. The number of sulfonamides is 1. The van der Waals surface area contributed by atoms with Crippen molar-refractivity contribution in [3.63, 3.8) is 0 Å². The molecule has 0 heterocycles. The summed E-state index contributed by atoms with van der Waals surface area (Å²) in [6.07, 6.45) is 8.25. The van der Waals surface area contributed by atoms with Crippen molar-refractivity contribution in [1.29, 1.82) is 0 Å². The van der Waals surface area contributed by atoms with Crippen molar-refractivity contribution in [2.45, 2.75) is 51.0 Å². The summed E-state index contributed by atoms with van der Waals surface area (Å²) in [5.41, 5.74) is 0.924. The first kappa shape index (κ1) is 20.7. The highest BCUT2D eigenvalue weighted by molar-refractivity contribution is 7.88. The van der Waals surface area contributed by atoms with E-state index in [0.29, 0.717) is 6.42 Å². The van der Waals surface area contributed by atoms with E-state index in [-0.39, 0.29) is 25.0 Å². The molecule has 1 aliphatic carbocycles. The smallest absolute Gasteiger partial charge is 0.235 e. The van der Waals surface area contributed by atoms with Crippen LogP contribution in [0.5, 0.6) is 5.75 Å². The fraction of sp³-hybridized carbons (Fsp3) is 0.632. The van der Waals surface area contributed by atoms with E-state index < -0.39 is 10.0 Å². The fourth-order valence-corrected chi connectivity index (χ4v) is 4.15. The van der Waals surface area contributed by atoms with Crippen LogP contribution in [0, 0.1) is 0 Å². The third kappa shape index (κ3) is 6.61. The largest absolute Gasteiger partial charge is 0.496 e. The molecule has 0 aromatic heterocycles. The molecule has 0 spiro atoms. The lowest BCUT2D eigenvalue weighted by Crippen LogP contribution is -2.44. The van der Waals surface area contributed by atoms with Gasteiger partial charge in [-0.15, -0.1) is 0 Å². The second-order valence-electron chi connectivity index (χ2n) is 6.91. The molecule has 1 aliphatic rings. The van der Waals surface area contributed by atoms with Gasteiger partial charge in [-0.05, 0) is 30.9 Å². The van der Waals surface area contributed by atoms with Gasteiger partial charge in [-0.2, -0.15) is 4.31 Å². The van der Waals surface area contributed by atoms with E-state index in [1.54, 1.807) is 7.11 Å². The van der Waals surface area contributed by atoms with Crippen molar-refractivity contribution in [3.05, 3.63) is 29.8 Å². The first-order valence-corrected chi connectivity index (χ1v) is 11.1. The predicted molar refractivity (Wildman–Crippen MR) is 103 cm³/mol. The van der Waals surface area contributed by atoms with Crippen LogP contribution in [0.3, 0.4) is 0 Å². The van der Waals surface area contributed by atoms with Crippen LogP contribution < -0.4 is 10.1 Å². The molecule has 2 rings (SSSR count). The van der Waals surface area contributed by atoms with Gasteiger partial charge in [0.2, 0.25) is 15.9 Å². The van der Waals surface area contributed by atoms with Gasteiger partial charge in [0.25, 0.3) is 0 Å². The zero-order valence-electron chi connectivity index (χ0n) is 15.7. The zero-order valence-corrected chi connectivity index (χ0v) is 16.6. The summed E-state index contributed by atoms with van der Waals surface area (Å²) in [4.78, 5) is 12.4. The van der Waals surface area contributed by atoms with Gasteiger partial charge in [0.15, 0.2) is 0 Å². The normalized spacial score (nSPS) is 16.3. The van der Waals surface area contributed by atoms with Crippen LogP contribution in [0.25, 0.3) is 0 Å². The summed E-state index contributed by atoms with van der Waals surface area (Å²) >= 11 is 0. The molecule has 1 saturated carbocycles. The summed E-state index contributed by atoms with van der Waals surface area (Å²) in [5.74, 6) is 0.506. The lowest BCUT2D eigenvalue weighted by molar-refractivity contribution is -0.122. The van der Waals surface area contributed by atoms with Gasteiger partial charge in [-0.1, -0.05) is 43.9 Å². The average Bonchev–Trinajstić information content (AvgIpc) is 2.86. The molecule has 1 fully saturated rings. The van der Waals surface area contributed by atoms with E-state index >= 15 is 0 Å². The maximum Gasteiger partial charge on any atom is 0.235 e. The van der Waals surface area contributed by atoms with E-state index in [2.05, 4.69) is 5.32 Å². The zero-order chi connectivity index (χ0) is 19.0. The van der Waals surface area contributed by atoms with Gasteiger partial charge in [0, 0.05) is 12.6 Å². The molecule has 1 amide bonds. The van der Waals surface area contributed by atoms with E-state index in [4.69, 9.17) is 4.74 Å². The number of carbonyl (C=O) groups is 1. The minimum absolute atomic E-state index is 0.134. The Hall–Kier alpha value is -1.60. The number of carbonyl (C=O) groups excluding carboxylic acids is 1. The summed E-state index contributed by atoms with van der Waals surface area (Å²) < 4.78 is 30.8. The average molecular weight is 383 g/mol. The molecule has 1 aromatic carbocycles. The minimum atomic E-state index is -3.47. The molecule has 0 saturated heterocycles. The van der Waals surface area contributed by atoms with Crippen LogP contribution >= 0.6 is 0 Å². The highest BCUT2D eigenvalue weighted by atomic mass is 32.2. The highest BCUT2D eigenvalue weighted by Crippen LogP contribution is 2.19. The van der Waals surface area contributed by atoms with Gasteiger partial charge >= 0.3 is 0 Å². The lowest BCUT2D eigenvalue weighted by atomic mass is 10.1. The quantitative estimate of drug-likeness (QED) is 0.700. The number of amides is 1. The Morgan fingerprint density at radius 3 is 2.46 bits per heavy atom. The number of hydrogen-bond donors (Lipinski definition) is 1. The molecule has 0 radical (unpaired) electrons. The topological polar surface area (TPSA) is 75.7 Å². The molecule has 6 nitrogen and oxygen atoms in total. The van der Waals surface area contributed by atoms with Gasteiger partial charge in [-0.25, -0.2) is 8.42 Å². The van der Waals surface area contributed by atoms with Crippen LogP contribution in [-0.2, 0) is 21.2 Å². The minimum Gasteiger partial charge on any atom is -0.496 e. The van der Waals surface area contributed by atoms with E-state index in [0.717, 1.165) is 43.3 Å². The van der Waals surface area contributed by atoms with Crippen LogP contribution in [0.15, 0.2) is 24.3 Å². The van der Waals surface area contributed by atoms with Crippen molar-refractivity contribution in [2.75, 3.05) is 26.5 Å². The van der Waals surface area contributed by atoms with Crippen LogP contribution in [0.2, 0.25) is 0 Å². The van der Waals surface area contributed by atoms with E-state index in [1.165, 1.54) is 17.1 Å². The number of nitrogens with one attached hydrogen (secondary N) is 1. The molecular formula is C19H30N2O4S. The Kier molecular flexibility index (Phi) is 7.90. The maximum atomic E-state index is 12.4. The van der Waals surface area contributed by atoms with Gasteiger partial charge in [0.1, 0.15) is 5.75 Å². The van der Waals surface area contributed by atoms with Crippen molar-refractivity contribution in [3.8, 4) is 5.75 Å². The Balaban J connectivity index is 1.95. The molecule has 0 aliphatic heterocycles. The molecule has 0 bridgehead atoms. The number of hydrogen-bond acceptors (Lipinski definition) is 4. The molecule has 0 atom stereocenters. The molecule has 7 heteroatoms. The second kappa shape index (κ2) is 9.92. The Labute approximate surface area is 157 Å². The SMILES string of the molecule is COc1ccccc1CCN(CC(=O)NC1CCCCCC1)S(C)(=O)=O. The molecule has 0 unspecified atom stereocenters. The first-order valence-electron chi connectivity index (χ1n) is 9.26. The molecule has 1 N–H and O–H groups in total.